The van der Waals surface area contributed by atoms with Gasteiger partial charge in [0.15, 0.2) is 10.9 Å². The smallest absolute Gasteiger partial charge is 0.270 e. The molecule has 0 aromatic heterocycles. The zero-order valence-electron chi connectivity index (χ0n) is 19.3. The average Bonchev–Trinajstić information content (AvgIpc) is 3.15. The molecule has 0 radical (unpaired) electrons. The highest BCUT2D eigenvalue weighted by Crippen LogP contribution is 2.36. The van der Waals surface area contributed by atoms with Gasteiger partial charge in [0.1, 0.15) is 11.5 Å². The second-order valence-corrected chi connectivity index (χ2v) is 9.31. The molecule has 6 nitrogen and oxygen atoms in total. The van der Waals surface area contributed by atoms with Crippen LogP contribution in [-0.2, 0) is 16.0 Å². The maximum atomic E-state index is 13.0. The first-order chi connectivity index (χ1) is 17.0. The number of hydrogen-bond donors (Lipinski definition) is 1. The van der Waals surface area contributed by atoms with Crippen LogP contribution in [0.1, 0.15) is 18.1 Å². The Bertz CT molecular complexity index is 1290. The Morgan fingerprint density at radius 1 is 1.06 bits per heavy atom. The number of thioether (sulfide) groups is 1. The van der Waals surface area contributed by atoms with Crippen molar-refractivity contribution in [2.24, 2.45) is 0 Å². The second-order valence-electron chi connectivity index (χ2n) is 7.64. The fourth-order valence-electron chi connectivity index (χ4n) is 3.55. The molecule has 1 saturated heterocycles. The number of hydrogen-bond acceptors (Lipinski definition) is 6. The molecule has 0 spiro atoms. The van der Waals surface area contributed by atoms with E-state index in [4.69, 9.17) is 21.7 Å². The van der Waals surface area contributed by atoms with E-state index in [0.717, 1.165) is 23.2 Å². The Labute approximate surface area is 213 Å². The van der Waals surface area contributed by atoms with Gasteiger partial charge in [0.25, 0.3) is 11.8 Å². The first kappa shape index (κ1) is 24.5. The summed E-state index contributed by atoms with van der Waals surface area (Å²) in [6, 6.07) is 22.1. The molecule has 0 unspecified atom stereocenters. The van der Waals surface area contributed by atoms with Gasteiger partial charge in [-0.15, -0.1) is 0 Å². The van der Waals surface area contributed by atoms with Gasteiger partial charge in [-0.1, -0.05) is 61.2 Å². The highest BCUT2D eigenvalue weighted by Gasteiger charge is 2.33. The number of aryl methyl sites for hydroxylation is 1. The van der Waals surface area contributed by atoms with Crippen molar-refractivity contribution in [3.05, 3.63) is 88.8 Å². The lowest BCUT2D eigenvalue weighted by Crippen LogP contribution is -2.27. The number of nitrogens with zero attached hydrogens (tertiary/aromatic N) is 1. The standard InChI is InChI=1S/C27H24N2O4S2/c1-3-19-8-4-5-10-23(19)28-25(30)17-33-22-9-6-7-18(15-22)16-24-26(31)29(27(34)35-24)20-11-13-21(32-2)14-12-20/h4-16H,3,17H2,1-2H3,(H,28,30)/b24-16-. The number of amides is 2. The second kappa shape index (κ2) is 11.2. The Hall–Kier alpha value is -3.62. The summed E-state index contributed by atoms with van der Waals surface area (Å²) in [6.07, 6.45) is 2.59. The molecule has 1 aliphatic rings. The monoisotopic (exact) mass is 504 g/mol. The van der Waals surface area contributed by atoms with Crippen LogP contribution in [0.4, 0.5) is 11.4 Å². The minimum atomic E-state index is -0.239. The average molecular weight is 505 g/mol. The molecule has 3 aromatic rings. The molecule has 0 saturated carbocycles. The summed E-state index contributed by atoms with van der Waals surface area (Å²) in [7, 11) is 1.59. The first-order valence-corrected chi connectivity index (χ1v) is 12.2. The Morgan fingerprint density at radius 3 is 2.57 bits per heavy atom. The molecule has 0 aliphatic carbocycles. The van der Waals surface area contributed by atoms with E-state index in [-0.39, 0.29) is 18.4 Å². The lowest BCUT2D eigenvalue weighted by Gasteiger charge is -2.14. The third kappa shape index (κ3) is 5.90. The molecule has 8 heteroatoms. The van der Waals surface area contributed by atoms with Crippen LogP contribution in [0.15, 0.2) is 77.7 Å². The van der Waals surface area contributed by atoms with E-state index in [9.17, 15) is 9.59 Å². The van der Waals surface area contributed by atoms with Crippen molar-refractivity contribution in [1.29, 1.82) is 0 Å². The molecule has 1 aliphatic heterocycles. The van der Waals surface area contributed by atoms with Gasteiger partial charge in [0.2, 0.25) is 0 Å². The van der Waals surface area contributed by atoms with Gasteiger partial charge >= 0.3 is 0 Å². The fraction of sp³-hybridized carbons (Fsp3) is 0.148. The Morgan fingerprint density at radius 2 is 1.83 bits per heavy atom. The van der Waals surface area contributed by atoms with Gasteiger partial charge in [-0.3, -0.25) is 14.5 Å². The number of thiocarbonyl (C=S) groups is 1. The zero-order chi connectivity index (χ0) is 24.8. The quantitative estimate of drug-likeness (QED) is 0.314. The van der Waals surface area contributed by atoms with Gasteiger partial charge in [-0.2, -0.15) is 0 Å². The number of ether oxygens (including phenoxy) is 2. The Kier molecular flexibility index (Phi) is 7.84. The number of anilines is 2. The number of carbonyl (C=O) groups is 2. The van der Waals surface area contributed by atoms with E-state index in [2.05, 4.69) is 5.32 Å². The molecule has 1 N–H and O–H groups in total. The summed E-state index contributed by atoms with van der Waals surface area (Å²) in [5, 5.41) is 2.89. The lowest BCUT2D eigenvalue weighted by molar-refractivity contribution is -0.118. The van der Waals surface area contributed by atoms with Gasteiger partial charge in [-0.25, -0.2) is 0 Å². The highest BCUT2D eigenvalue weighted by molar-refractivity contribution is 8.27. The number of methoxy groups -OCH3 is 1. The molecule has 0 bridgehead atoms. The topological polar surface area (TPSA) is 67.9 Å². The van der Waals surface area contributed by atoms with Crippen LogP contribution >= 0.6 is 24.0 Å². The van der Waals surface area contributed by atoms with E-state index in [0.29, 0.717) is 26.4 Å². The van der Waals surface area contributed by atoms with Crippen molar-refractivity contribution < 1.29 is 19.1 Å². The maximum Gasteiger partial charge on any atom is 0.270 e. The molecule has 3 aromatic carbocycles. The minimum absolute atomic E-state index is 0.124. The third-order valence-electron chi connectivity index (χ3n) is 5.32. The molecular formula is C27H24N2O4S2. The zero-order valence-corrected chi connectivity index (χ0v) is 20.9. The van der Waals surface area contributed by atoms with E-state index in [1.165, 1.54) is 16.7 Å². The van der Waals surface area contributed by atoms with Crippen molar-refractivity contribution in [1.82, 2.24) is 0 Å². The maximum absolute atomic E-state index is 13.0. The summed E-state index contributed by atoms with van der Waals surface area (Å²) in [4.78, 5) is 27.4. The van der Waals surface area contributed by atoms with Crippen molar-refractivity contribution in [3.8, 4) is 11.5 Å². The normalized spacial score (nSPS) is 14.3. The summed E-state index contributed by atoms with van der Waals surface area (Å²) in [5.74, 6) is 0.806. The van der Waals surface area contributed by atoms with Crippen molar-refractivity contribution in [2.75, 3.05) is 23.9 Å². The summed E-state index contributed by atoms with van der Waals surface area (Å²) in [5.41, 5.74) is 3.31. The molecule has 2 amide bonds. The first-order valence-electron chi connectivity index (χ1n) is 11.0. The van der Waals surface area contributed by atoms with Crippen LogP contribution in [0.5, 0.6) is 11.5 Å². The molecular weight excluding hydrogens is 480 g/mol. The predicted octanol–water partition coefficient (Wildman–Crippen LogP) is 5.68. The Balaban J connectivity index is 1.42. The van der Waals surface area contributed by atoms with Crippen LogP contribution in [0.25, 0.3) is 6.08 Å². The van der Waals surface area contributed by atoms with E-state index >= 15 is 0 Å². The van der Waals surface area contributed by atoms with Crippen LogP contribution in [0, 0.1) is 0 Å². The summed E-state index contributed by atoms with van der Waals surface area (Å²) in [6.45, 7) is 1.92. The molecule has 4 rings (SSSR count). The molecule has 1 fully saturated rings. The predicted molar refractivity (Wildman–Crippen MR) is 145 cm³/mol. The number of rotatable bonds is 8. The highest BCUT2D eigenvalue weighted by atomic mass is 32.2. The van der Waals surface area contributed by atoms with Crippen LogP contribution in [-0.4, -0.2) is 29.9 Å². The molecule has 35 heavy (non-hydrogen) atoms. The van der Waals surface area contributed by atoms with Gasteiger partial charge in [-0.05, 0) is 66.1 Å². The molecule has 178 valence electrons. The van der Waals surface area contributed by atoms with Crippen LogP contribution < -0.4 is 19.7 Å². The van der Waals surface area contributed by atoms with E-state index in [1.54, 1.807) is 49.6 Å². The number of nitrogens with one attached hydrogen (secondary N) is 1. The molecule has 0 atom stereocenters. The number of para-hydroxylation sites is 1. The van der Waals surface area contributed by atoms with Gasteiger partial charge in [0, 0.05) is 5.69 Å². The van der Waals surface area contributed by atoms with E-state index in [1.807, 2.05) is 43.3 Å². The van der Waals surface area contributed by atoms with Gasteiger partial charge < -0.3 is 14.8 Å². The fourth-order valence-corrected chi connectivity index (χ4v) is 4.85. The number of carbonyl (C=O) groups excluding carboxylic acids is 2. The molecule has 1 heterocycles. The van der Waals surface area contributed by atoms with Crippen molar-refractivity contribution >= 4 is 57.6 Å². The largest absolute Gasteiger partial charge is 0.497 e. The number of benzene rings is 3. The van der Waals surface area contributed by atoms with Crippen molar-refractivity contribution in [3.63, 3.8) is 0 Å². The third-order valence-corrected chi connectivity index (χ3v) is 6.62. The van der Waals surface area contributed by atoms with Crippen LogP contribution in [0.2, 0.25) is 0 Å². The van der Waals surface area contributed by atoms with Gasteiger partial charge in [0.05, 0.1) is 17.7 Å². The lowest BCUT2D eigenvalue weighted by atomic mass is 10.1. The van der Waals surface area contributed by atoms with E-state index < -0.39 is 0 Å². The minimum Gasteiger partial charge on any atom is -0.497 e. The summed E-state index contributed by atoms with van der Waals surface area (Å²) >= 11 is 6.69. The SMILES string of the molecule is CCc1ccccc1NC(=O)COc1cccc(/C=C2\SC(=S)N(c3ccc(OC)cc3)C2=O)c1. The van der Waals surface area contributed by atoms with Crippen LogP contribution in [0.3, 0.4) is 0 Å². The van der Waals surface area contributed by atoms with Crippen molar-refractivity contribution in [2.45, 2.75) is 13.3 Å². The summed E-state index contributed by atoms with van der Waals surface area (Å²) < 4.78 is 11.3.